The van der Waals surface area contributed by atoms with Crippen molar-refractivity contribution in [3.63, 3.8) is 0 Å². The lowest BCUT2D eigenvalue weighted by Gasteiger charge is -2.32. The number of aliphatic hydroxyl groups excluding tert-OH is 1. The highest BCUT2D eigenvalue weighted by atomic mass is 32.2. The fraction of sp³-hybridized carbons (Fsp3) is 1.00. The van der Waals surface area contributed by atoms with Crippen LogP contribution in [0.2, 0.25) is 0 Å². The van der Waals surface area contributed by atoms with Gasteiger partial charge in [-0.15, -0.1) is 0 Å². The van der Waals surface area contributed by atoms with Crippen LogP contribution in [0.3, 0.4) is 0 Å². The predicted octanol–water partition coefficient (Wildman–Crippen LogP) is -0.227. The summed E-state index contributed by atoms with van der Waals surface area (Å²) in [7, 11) is -3.21. The van der Waals surface area contributed by atoms with E-state index in [1.54, 1.807) is 0 Å². The van der Waals surface area contributed by atoms with Crippen LogP contribution in [0.25, 0.3) is 0 Å². The van der Waals surface area contributed by atoms with Gasteiger partial charge < -0.3 is 10.0 Å². The number of sulfonamides is 1. The van der Waals surface area contributed by atoms with Gasteiger partial charge in [-0.2, -0.15) is 0 Å². The predicted molar refractivity (Wildman–Crippen MR) is 63.8 cm³/mol. The van der Waals surface area contributed by atoms with Crippen LogP contribution in [0.5, 0.6) is 0 Å². The summed E-state index contributed by atoms with van der Waals surface area (Å²) in [6.45, 7) is 4.84. The third-order valence-electron chi connectivity index (χ3n) is 2.87. The van der Waals surface area contributed by atoms with Gasteiger partial charge in [0.15, 0.2) is 0 Å². The van der Waals surface area contributed by atoms with Crippen LogP contribution in [0.1, 0.15) is 26.2 Å². The first kappa shape index (κ1) is 13.9. The van der Waals surface area contributed by atoms with Gasteiger partial charge in [-0.3, -0.25) is 0 Å². The summed E-state index contributed by atoms with van der Waals surface area (Å²) in [5, 5.41) is 8.62. The van der Waals surface area contributed by atoms with Crippen molar-refractivity contribution < 1.29 is 13.5 Å². The van der Waals surface area contributed by atoms with Gasteiger partial charge in [0.1, 0.15) is 0 Å². The largest absolute Gasteiger partial charge is 0.396 e. The van der Waals surface area contributed by atoms with Crippen molar-refractivity contribution in [1.29, 1.82) is 0 Å². The highest BCUT2D eigenvalue weighted by Crippen LogP contribution is 2.10. The van der Waals surface area contributed by atoms with Crippen LogP contribution in [0, 0.1) is 0 Å². The molecule has 0 saturated carbocycles. The van der Waals surface area contributed by atoms with E-state index in [1.165, 1.54) is 0 Å². The maximum absolute atomic E-state index is 11.6. The van der Waals surface area contributed by atoms with Crippen molar-refractivity contribution in [2.75, 3.05) is 32.0 Å². The maximum atomic E-state index is 11.6. The summed E-state index contributed by atoms with van der Waals surface area (Å²) >= 11 is 0. The quantitative estimate of drug-likeness (QED) is 0.683. The number of hydrogen-bond donors (Lipinski definition) is 2. The van der Waals surface area contributed by atoms with Crippen molar-refractivity contribution in [3.05, 3.63) is 0 Å². The summed E-state index contributed by atoms with van der Waals surface area (Å²) in [5.74, 6) is 0.0200. The topological polar surface area (TPSA) is 69.6 Å². The zero-order valence-electron chi connectivity index (χ0n) is 9.85. The summed E-state index contributed by atoms with van der Waals surface area (Å²) in [6, 6.07) is 0.0393. The summed E-state index contributed by atoms with van der Waals surface area (Å²) in [6.07, 6.45) is 2.26. The number of rotatable bonds is 6. The molecule has 0 radical (unpaired) electrons. The average Bonchev–Trinajstić information content (AvgIpc) is 2.26. The molecule has 0 aromatic rings. The van der Waals surface area contributed by atoms with E-state index in [-0.39, 0.29) is 18.4 Å². The van der Waals surface area contributed by atoms with Gasteiger partial charge in [0.2, 0.25) is 10.0 Å². The highest BCUT2D eigenvalue weighted by molar-refractivity contribution is 7.89. The Labute approximate surface area is 97.9 Å². The molecule has 0 bridgehead atoms. The van der Waals surface area contributed by atoms with Crippen molar-refractivity contribution in [1.82, 2.24) is 9.62 Å². The first-order valence-corrected chi connectivity index (χ1v) is 7.56. The van der Waals surface area contributed by atoms with Crippen LogP contribution in [-0.4, -0.2) is 56.5 Å². The molecule has 1 heterocycles. The summed E-state index contributed by atoms with van der Waals surface area (Å²) in [4.78, 5) is 2.25. The molecule has 1 fully saturated rings. The lowest BCUT2D eigenvalue weighted by Crippen LogP contribution is -2.48. The van der Waals surface area contributed by atoms with E-state index in [1.807, 2.05) is 0 Å². The average molecular weight is 250 g/mol. The van der Waals surface area contributed by atoms with Crippen LogP contribution in [0.15, 0.2) is 0 Å². The minimum absolute atomic E-state index is 0.0200. The fourth-order valence-electron chi connectivity index (χ4n) is 2.01. The Kier molecular flexibility index (Phi) is 5.68. The number of hydrogen-bond acceptors (Lipinski definition) is 4. The van der Waals surface area contributed by atoms with E-state index < -0.39 is 10.0 Å². The zero-order chi connectivity index (χ0) is 12.0. The smallest absolute Gasteiger partial charge is 0.211 e. The molecular weight excluding hydrogens is 228 g/mol. The van der Waals surface area contributed by atoms with E-state index in [9.17, 15) is 8.42 Å². The molecule has 0 amide bonds. The minimum Gasteiger partial charge on any atom is -0.396 e. The number of likely N-dealkylation sites (tertiary alicyclic amines) is 1. The maximum Gasteiger partial charge on any atom is 0.211 e. The molecule has 1 rings (SSSR count). The van der Waals surface area contributed by atoms with Crippen LogP contribution < -0.4 is 4.72 Å². The van der Waals surface area contributed by atoms with E-state index in [4.69, 9.17) is 5.11 Å². The Bertz CT molecular complexity index is 292. The van der Waals surface area contributed by atoms with Crippen molar-refractivity contribution in [2.24, 2.45) is 0 Å². The third kappa shape index (κ3) is 4.78. The Morgan fingerprint density at radius 2 is 2.25 bits per heavy atom. The lowest BCUT2D eigenvalue weighted by atomic mass is 10.1. The van der Waals surface area contributed by atoms with Crippen molar-refractivity contribution in [3.8, 4) is 0 Å². The molecule has 0 aliphatic carbocycles. The Morgan fingerprint density at radius 3 is 2.88 bits per heavy atom. The molecule has 1 saturated heterocycles. The Morgan fingerprint density at radius 1 is 1.50 bits per heavy atom. The van der Waals surface area contributed by atoms with E-state index in [0.29, 0.717) is 6.42 Å². The van der Waals surface area contributed by atoms with Gasteiger partial charge in [0.25, 0.3) is 0 Å². The van der Waals surface area contributed by atoms with Gasteiger partial charge in [0, 0.05) is 19.2 Å². The zero-order valence-corrected chi connectivity index (χ0v) is 10.7. The van der Waals surface area contributed by atoms with Crippen LogP contribution in [-0.2, 0) is 10.0 Å². The number of likely N-dealkylation sites (N-methyl/N-ethyl adjacent to an activating group) is 1. The minimum atomic E-state index is -3.21. The summed E-state index contributed by atoms with van der Waals surface area (Å²) < 4.78 is 25.9. The third-order valence-corrected chi connectivity index (χ3v) is 4.39. The molecule has 1 unspecified atom stereocenters. The molecule has 6 heteroatoms. The molecule has 96 valence electrons. The molecule has 2 N–H and O–H groups in total. The van der Waals surface area contributed by atoms with Crippen molar-refractivity contribution >= 4 is 10.0 Å². The van der Waals surface area contributed by atoms with E-state index >= 15 is 0 Å². The van der Waals surface area contributed by atoms with E-state index in [2.05, 4.69) is 16.5 Å². The van der Waals surface area contributed by atoms with Gasteiger partial charge >= 0.3 is 0 Å². The second-order valence-electron chi connectivity index (χ2n) is 4.25. The lowest BCUT2D eigenvalue weighted by molar-refractivity contribution is 0.211. The van der Waals surface area contributed by atoms with Gasteiger partial charge in [-0.1, -0.05) is 6.92 Å². The number of nitrogens with zero attached hydrogens (tertiary/aromatic N) is 1. The molecule has 5 nitrogen and oxygen atoms in total. The summed E-state index contributed by atoms with van der Waals surface area (Å²) in [5.41, 5.74) is 0. The van der Waals surface area contributed by atoms with Crippen LogP contribution in [0.4, 0.5) is 0 Å². The Hall–Kier alpha value is -0.170. The normalized spacial score (nSPS) is 23.5. The number of nitrogens with one attached hydrogen (secondary N) is 1. The first-order chi connectivity index (χ1) is 7.57. The highest BCUT2D eigenvalue weighted by Gasteiger charge is 2.22. The standard InChI is InChI=1S/C10H22N2O3S/c1-2-12-6-3-5-10(9-12)11-16(14,15)8-4-7-13/h10-11,13H,2-9H2,1H3. The molecule has 1 aliphatic heterocycles. The molecule has 1 aliphatic rings. The molecule has 0 spiro atoms. The number of piperidine rings is 1. The van der Waals surface area contributed by atoms with Gasteiger partial charge in [-0.05, 0) is 32.4 Å². The molecule has 0 aromatic carbocycles. The molecular formula is C10H22N2O3S. The molecule has 0 aromatic heterocycles. The van der Waals surface area contributed by atoms with Gasteiger partial charge in [-0.25, -0.2) is 13.1 Å². The Balaban J connectivity index is 2.40. The van der Waals surface area contributed by atoms with Gasteiger partial charge in [0.05, 0.1) is 5.75 Å². The second-order valence-corrected chi connectivity index (χ2v) is 6.12. The molecule has 16 heavy (non-hydrogen) atoms. The monoisotopic (exact) mass is 250 g/mol. The van der Waals surface area contributed by atoms with Crippen LogP contribution >= 0.6 is 0 Å². The first-order valence-electron chi connectivity index (χ1n) is 5.90. The van der Waals surface area contributed by atoms with E-state index in [0.717, 1.165) is 32.5 Å². The SMILES string of the molecule is CCN1CCCC(NS(=O)(=O)CCCO)C1. The fourth-order valence-corrected chi connectivity index (χ4v) is 3.33. The van der Waals surface area contributed by atoms with Crippen molar-refractivity contribution in [2.45, 2.75) is 32.2 Å². The second kappa shape index (κ2) is 6.54. The molecule has 1 atom stereocenters. The number of aliphatic hydroxyl groups is 1.